The number of hydrogen-bond donors (Lipinski definition) is 0. The Bertz CT molecular complexity index is 637. The first-order valence-corrected chi connectivity index (χ1v) is 7.72. The van der Waals surface area contributed by atoms with Crippen molar-refractivity contribution < 1.29 is 14.0 Å². The summed E-state index contributed by atoms with van der Waals surface area (Å²) in [6.07, 6.45) is 0.976. The Morgan fingerprint density at radius 2 is 2.18 bits per heavy atom. The molecule has 0 N–H and O–H groups in total. The normalized spacial score (nSPS) is 22.1. The van der Waals surface area contributed by atoms with Crippen LogP contribution in [0.3, 0.4) is 0 Å². The minimum absolute atomic E-state index is 0.283. The number of nitrogens with zero attached hydrogens (tertiary/aromatic N) is 3. The van der Waals surface area contributed by atoms with Crippen LogP contribution < -0.4 is 4.74 Å². The summed E-state index contributed by atoms with van der Waals surface area (Å²) in [5.74, 6) is 2.70. The van der Waals surface area contributed by atoms with Gasteiger partial charge in [-0.1, -0.05) is 23.4 Å². The fourth-order valence-corrected chi connectivity index (χ4v) is 2.94. The lowest BCUT2D eigenvalue weighted by atomic mass is 10.1. The fraction of sp³-hybridized carbons (Fsp3) is 0.500. The number of hydrogen-bond acceptors (Lipinski definition) is 6. The van der Waals surface area contributed by atoms with Crippen LogP contribution in [0.2, 0.25) is 0 Å². The van der Waals surface area contributed by atoms with Gasteiger partial charge in [0.1, 0.15) is 12.4 Å². The van der Waals surface area contributed by atoms with Gasteiger partial charge in [0.25, 0.3) is 0 Å². The van der Waals surface area contributed by atoms with Crippen molar-refractivity contribution in [2.75, 3.05) is 26.4 Å². The van der Waals surface area contributed by atoms with E-state index >= 15 is 0 Å². The van der Waals surface area contributed by atoms with Crippen LogP contribution in [0.15, 0.2) is 28.8 Å². The van der Waals surface area contributed by atoms with E-state index in [2.05, 4.69) is 21.1 Å². The van der Waals surface area contributed by atoms with Gasteiger partial charge in [0, 0.05) is 31.2 Å². The predicted molar refractivity (Wildman–Crippen MR) is 78.5 cm³/mol. The highest BCUT2D eigenvalue weighted by atomic mass is 16.5. The molecule has 6 nitrogen and oxygen atoms in total. The summed E-state index contributed by atoms with van der Waals surface area (Å²) in [7, 11) is 0. The molecule has 0 aliphatic carbocycles. The van der Waals surface area contributed by atoms with Crippen LogP contribution in [-0.2, 0) is 17.8 Å². The zero-order valence-electron chi connectivity index (χ0n) is 12.4. The van der Waals surface area contributed by atoms with Gasteiger partial charge in [0.05, 0.1) is 13.2 Å². The summed E-state index contributed by atoms with van der Waals surface area (Å²) in [5.41, 5.74) is 1.20. The quantitative estimate of drug-likeness (QED) is 0.864. The molecule has 1 aromatic heterocycles. The minimum Gasteiger partial charge on any atom is -0.492 e. The maximum absolute atomic E-state index is 5.78. The van der Waals surface area contributed by atoms with Gasteiger partial charge < -0.3 is 14.0 Å². The molecule has 0 bridgehead atoms. The van der Waals surface area contributed by atoms with E-state index < -0.39 is 0 Å². The van der Waals surface area contributed by atoms with E-state index in [9.17, 15) is 0 Å². The lowest BCUT2D eigenvalue weighted by Crippen LogP contribution is -2.25. The predicted octanol–water partition coefficient (Wildman–Crippen LogP) is 1.97. The number of fused-ring (bicyclic) bond motifs is 1. The van der Waals surface area contributed by atoms with Gasteiger partial charge in [-0.25, -0.2) is 0 Å². The molecule has 0 spiro atoms. The molecule has 22 heavy (non-hydrogen) atoms. The molecule has 4 rings (SSSR count). The van der Waals surface area contributed by atoms with E-state index in [1.54, 1.807) is 0 Å². The maximum Gasteiger partial charge on any atom is 0.240 e. The van der Waals surface area contributed by atoms with Gasteiger partial charge in [0.15, 0.2) is 5.82 Å². The van der Waals surface area contributed by atoms with Gasteiger partial charge in [-0.15, -0.1) is 0 Å². The van der Waals surface area contributed by atoms with Crippen molar-refractivity contribution >= 4 is 0 Å². The van der Waals surface area contributed by atoms with Gasteiger partial charge >= 0.3 is 0 Å². The van der Waals surface area contributed by atoms with E-state index in [-0.39, 0.29) is 5.92 Å². The second-order valence-electron chi connectivity index (χ2n) is 5.77. The Hall–Kier alpha value is -1.92. The van der Waals surface area contributed by atoms with E-state index in [1.165, 1.54) is 5.56 Å². The molecule has 116 valence electrons. The van der Waals surface area contributed by atoms with E-state index in [0.717, 1.165) is 37.7 Å². The second-order valence-corrected chi connectivity index (χ2v) is 5.77. The van der Waals surface area contributed by atoms with Crippen LogP contribution in [0.4, 0.5) is 0 Å². The smallest absolute Gasteiger partial charge is 0.240 e. The highest BCUT2D eigenvalue weighted by Gasteiger charge is 2.24. The minimum atomic E-state index is 0.283. The monoisotopic (exact) mass is 301 g/mol. The highest BCUT2D eigenvalue weighted by Crippen LogP contribution is 2.25. The first kappa shape index (κ1) is 13.7. The van der Waals surface area contributed by atoms with Gasteiger partial charge in [-0.2, -0.15) is 4.98 Å². The van der Waals surface area contributed by atoms with Gasteiger partial charge in [-0.3, -0.25) is 4.90 Å². The molecule has 6 heteroatoms. The van der Waals surface area contributed by atoms with Crippen LogP contribution in [0.5, 0.6) is 5.75 Å². The molecule has 1 aromatic carbocycles. The Balaban J connectivity index is 1.45. The number of para-hydroxylation sites is 1. The van der Waals surface area contributed by atoms with Crippen LogP contribution in [0, 0.1) is 0 Å². The first-order valence-electron chi connectivity index (χ1n) is 7.72. The van der Waals surface area contributed by atoms with E-state index in [0.29, 0.717) is 25.6 Å². The molecule has 2 aliphatic heterocycles. The van der Waals surface area contributed by atoms with Crippen LogP contribution in [-0.4, -0.2) is 41.4 Å². The Kier molecular flexibility index (Phi) is 3.78. The molecule has 1 saturated heterocycles. The largest absolute Gasteiger partial charge is 0.492 e. The van der Waals surface area contributed by atoms with Crippen LogP contribution >= 0.6 is 0 Å². The summed E-state index contributed by atoms with van der Waals surface area (Å²) in [6, 6.07) is 8.16. The zero-order chi connectivity index (χ0) is 14.8. The third-order valence-corrected chi connectivity index (χ3v) is 4.17. The van der Waals surface area contributed by atoms with Crippen molar-refractivity contribution in [2.24, 2.45) is 0 Å². The summed E-state index contributed by atoms with van der Waals surface area (Å²) >= 11 is 0. The molecule has 0 amide bonds. The third kappa shape index (κ3) is 2.84. The summed E-state index contributed by atoms with van der Waals surface area (Å²) in [4.78, 5) is 6.80. The van der Waals surface area contributed by atoms with Crippen molar-refractivity contribution in [1.82, 2.24) is 15.0 Å². The molecule has 0 radical (unpaired) electrons. The Morgan fingerprint density at radius 3 is 3.09 bits per heavy atom. The van der Waals surface area contributed by atoms with Crippen molar-refractivity contribution in [3.8, 4) is 5.75 Å². The molecule has 1 fully saturated rings. The van der Waals surface area contributed by atoms with Crippen molar-refractivity contribution in [2.45, 2.75) is 25.4 Å². The summed E-state index contributed by atoms with van der Waals surface area (Å²) < 4.78 is 16.6. The number of benzene rings is 1. The molecule has 3 heterocycles. The molecule has 1 atom stereocenters. The summed E-state index contributed by atoms with van der Waals surface area (Å²) in [6.45, 7) is 4.49. The number of ether oxygens (including phenoxy) is 2. The average molecular weight is 301 g/mol. The lowest BCUT2D eigenvalue weighted by Gasteiger charge is -2.16. The van der Waals surface area contributed by atoms with Gasteiger partial charge in [0.2, 0.25) is 5.89 Å². The van der Waals surface area contributed by atoms with Crippen molar-refractivity contribution in [1.29, 1.82) is 0 Å². The SMILES string of the molecule is c1ccc2c(c1)CN(Cc1nc(C3CCOC3)no1)CCO2. The fourth-order valence-electron chi connectivity index (χ4n) is 2.94. The van der Waals surface area contributed by atoms with Crippen LogP contribution in [0.1, 0.15) is 29.6 Å². The molecule has 2 aliphatic rings. The van der Waals surface area contributed by atoms with Gasteiger partial charge in [-0.05, 0) is 12.5 Å². The number of rotatable bonds is 3. The molecule has 0 saturated carbocycles. The third-order valence-electron chi connectivity index (χ3n) is 4.17. The van der Waals surface area contributed by atoms with Crippen molar-refractivity contribution in [3.63, 3.8) is 0 Å². The van der Waals surface area contributed by atoms with Crippen molar-refractivity contribution in [3.05, 3.63) is 41.5 Å². The first-order chi connectivity index (χ1) is 10.9. The summed E-state index contributed by atoms with van der Waals surface area (Å²) in [5, 5.41) is 4.11. The van der Waals surface area contributed by atoms with E-state index in [1.807, 2.05) is 18.2 Å². The molecular formula is C16H19N3O3. The molecular weight excluding hydrogens is 282 g/mol. The molecule has 2 aromatic rings. The highest BCUT2D eigenvalue weighted by molar-refractivity contribution is 5.33. The van der Waals surface area contributed by atoms with Crippen LogP contribution in [0.25, 0.3) is 0 Å². The second kappa shape index (κ2) is 6.06. The Labute approximate surface area is 129 Å². The topological polar surface area (TPSA) is 60.6 Å². The zero-order valence-corrected chi connectivity index (χ0v) is 12.4. The number of aromatic nitrogens is 2. The van der Waals surface area contributed by atoms with E-state index in [4.69, 9.17) is 14.0 Å². The standard InChI is InChI=1S/C16H19N3O3/c1-2-4-14-12(3-1)9-19(6-8-21-14)10-15-17-16(18-22-15)13-5-7-20-11-13/h1-4,13H,5-11H2. The molecule has 1 unspecified atom stereocenters. The Morgan fingerprint density at radius 1 is 1.23 bits per heavy atom. The average Bonchev–Trinajstić information content (AvgIpc) is 3.16. The maximum atomic E-state index is 5.78. The lowest BCUT2D eigenvalue weighted by molar-refractivity contribution is 0.192.